The largest absolute Gasteiger partial charge is 0.347 e. The summed E-state index contributed by atoms with van der Waals surface area (Å²) < 4.78 is 29.9. The first-order valence-electron chi connectivity index (χ1n) is 9.22. The quantitative estimate of drug-likeness (QED) is 0.569. The molecule has 1 fully saturated rings. The second kappa shape index (κ2) is 8.74. The second-order valence-corrected chi connectivity index (χ2v) is 9.19. The molecular formula is C20H22F2N3O2P. The molecule has 1 saturated heterocycles. The molecule has 0 aliphatic carbocycles. The zero-order chi connectivity index (χ0) is 20.3. The normalized spacial score (nSPS) is 16.7. The summed E-state index contributed by atoms with van der Waals surface area (Å²) in [5.74, 6) is -2.50. The highest BCUT2D eigenvalue weighted by atomic mass is 31.1. The van der Waals surface area contributed by atoms with Crippen molar-refractivity contribution in [3.8, 4) is 11.1 Å². The molecule has 1 aliphatic heterocycles. The van der Waals surface area contributed by atoms with Gasteiger partial charge in [-0.2, -0.15) is 0 Å². The first-order chi connectivity index (χ1) is 13.5. The van der Waals surface area contributed by atoms with Crippen LogP contribution >= 0.6 is 7.92 Å². The molecule has 1 aromatic carbocycles. The fourth-order valence-electron chi connectivity index (χ4n) is 3.49. The van der Waals surface area contributed by atoms with Gasteiger partial charge in [-0.25, -0.2) is 8.78 Å². The maximum atomic E-state index is 15.0. The number of hydrogen-bond donors (Lipinski definition) is 1. The smallest absolute Gasteiger partial charge is 0.249 e. The van der Waals surface area contributed by atoms with Crippen molar-refractivity contribution in [1.82, 2.24) is 10.3 Å². The fourth-order valence-corrected chi connectivity index (χ4v) is 5.31. The molecule has 1 unspecified atom stereocenters. The standard InChI is InChI=1S/C20H22F2N3O2P/c1-3-28(4-2)19-14(6-5-10-23-19)13-7-8-16(18(22)17(13)21)25-11-9-15(20(25)27)24-12-26/h5-8,10,12,15H,3-4,9,11H2,1-2H3,(H,24,26). The summed E-state index contributed by atoms with van der Waals surface area (Å²) in [4.78, 5) is 28.6. The molecule has 0 bridgehead atoms. The van der Waals surface area contributed by atoms with Crippen molar-refractivity contribution in [2.75, 3.05) is 23.8 Å². The Bertz CT molecular complexity index is 890. The minimum absolute atomic E-state index is 0.111. The van der Waals surface area contributed by atoms with E-state index in [4.69, 9.17) is 0 Å². The molecule has 0 saturated carbocycles. The Labute approximate surface area is 163 Å². The first kappa shape index (κ1) is 20.3. The average Bonchev–Trinajstić information content (AvgIpc) is 3.06. The van der Waals surface area contributed by atoms with E-state index in [-0.39, 0.29) is 17.8 Å². The highest BCUT2D eigenvalue weighted by Crippen LogP contribution is 2.38. The number of carbonyl (C=O) groups is 2. The molecular weight excluding hydrogens is 383 g/mol. The second-order valence-electron chi connectivity index (χ2n) is 6.42. The molecule has 0 spiro atoms. The molecule has 1 aliphatic rings. The maximum absolute atomic E-state index is 15.0. The fraction of sp³-hybridized carbons (Fsp3) is 0.350. The van der Waals surface area contributed by atoms with Gasteiger partial charge in [0.25, 0.3) is 0 Å². The van der Waals surface area contributed by atoms with E-state index in [9.17, 15) is 14.0 Å². The van der Waals surface area contributed by atoms with Crippen LogP contribution in [0.2, 0.25) is 0 Å². The predicted molar refractivity (Wildman–Crippen MR) is 107 cm³/mol. The number of hydrogen-bond acceptors (Lipinski definition) is 3. The molecule has 3 rings (SSSR count). The SMILES string of the molecule is CCP(CC)c1ncccc1-c1ccc(N2CCC(NC=O)C2=O)c(F)c1F. The van der Waals surface area contributed by atoms with Crippen molar-refractivity contribution >= 4 is 31.4 Å². The van der Waals surface area contributed by atoms with Gasteiger partial charge in [-0.1, -0.05) is 27.8 Å². The van der Waals surface area contributed by atoms with Crippen LogP contribution in [-0.4, -0.2) is 42.2 Å². The number of nitrogens with zero attached hydrogens (tertiary/aromatic N) is 2. The molecule has 28 heavy (non-hydrogen) atoms. The molecule has 1 atom stereocenters. The zero-order valence-corrected chi connectivity index (χ0v) is 16.7. The van der Waals surface area contributed by atoms with Crippen molar-refractivity contribution < 1.29 is 18.4 Å². The third-order valence-electron chi connectivity index (χ3n) is 4.97. The van der Waals surface area contributed by atoms with E-state index in [1.807, 2.05) is 0 Å². The van der Waals surface area contributed by atoms with Gasteiger partial charge in [-0.3, -0.25) is 14.6 Å². The lowest BCUT2D eigenvalue weighted by atomic mass is 10.1. The molecule has 1 aromatic heterocycles. The third kappa shape index (κ3) is 3.63. The number of aromatic nitrogens is 1. The monoisotopic (exact) mass is 405 g/mol. The van der Waals surface area contributed by atoms with Gasteiger partial charge in [0.15, 0.2) is 11.6 Å². The Morgan fingerprint density at radius 1 is 1.21 bits per heavy atom. The molecule has 8 heteroatoms. The summed E-state index contributed by atoms with van der Waals surface area (Å²) in [6.07, 6.45) is 4.28. The van der Waals surface area contributed by atoms with E-state index < -0.39 is 31.5 Å². The van der Waals surface area contributed by atoms with Gasteiger partial charge in [0.1, 0.15) is 6.04 Å². The van der Waals surface area contributed by atoms with E-state index in [2.05, 4.69) is 24.1 Å². The Balaban J connectivity index is 2.01. The first-order valence-corrected chi connectivity index (χ1v) is 10.9. The van der Waals surface area contributed by atoms with Crippen molar-refractivity contribution in [3.05, 3.63) is 42.1 Å². The minimum Gasteiger partial charge on any atom is -0.347 e. The Kier molecular flexibility index (Phi) is 6.35. The topological polar surface area (TPSA) is 62.3 Å². The van der Waals surface area contributed by atoms with Crippen molar-refractivity contribution in [2.24, 2.45) is 0 Å². The average molecular weight is 405 g/mol. The number of nitrogens with one attached hydrogen (secondary N) is 1. The van der Waals surface area contributed by atoms with E-state index in [0.717, 1.165) is 17.8 Å². The number of rotatable bonds is 7. The molecule has 0 radical (unpaired) electrons. The van der Waals surface area contributed by atoms with E-state index >= 15 is 4.39 Å². The lowest BCUT2D eigenvalue weighted by Crippen LogP contribution is -2.38. The van der Waals surface area contributed by atoms with Gasteiger partial charge in [-0.15, -0.1) is 0 Å². The van der Waals surface area contributed by atoms with Crippen LogP contribution in [0.15, 0.2) is 30.5 Å². The highest BCUT2D eigenvalue weighted by molar-refractivity contribution is 7.65. The number of halogens is 2. The maximum Gasteiger partial charge on any atom is 0.249 e. The number of anilines is 1. The molecule has 2 amide bonds. The van der Waals surface area contributed by atoms with Gasteiger partial charge in [0.2, 0.25) is 12.3 Å². The van der Waals surface area contributed by atoms with Crippen LogP contribution in [0.5, 0.6) is 0 Å². The van der Waals surface area contributed by atoms with Crippen LogP contribution in [0.3, 0.4) is 0 Å². The van der Waals surface area contributed by atoms with Crippen molar-refractivity contribution in [3.63, 3.8) is 0 Å². The van der Waals surface area contributed by atoms with Gasteiger partial charge in [-0.05, 0) is 36.9 Å². The van der Waals surface area contributed by atoms with Gasteiger partial charge < -0.3 is 10.2 Å². The van der Waals surface area contributed by atoms with Crippen LogP contribution in [0.4, 0.5) is 14.5 Å². The van der Waals surface area contributed by atoms with E-state index in [1.54, 1.807) is 18.3 Å². The summed E-state index contributed by atoms with van der Waals surface area (Å²) in [5.41, 5.74) is 1.43. The van der Waals surface area contributed by atoms with E-state index in [1.165, 1.54) is 17.0 Å². The lowest BCUT2D eigenvalue weighted by molar-refractivity contribution is -0.121. The summed E-state index contributed by atoms with van der Waals surface area (Å²) >= 11 is 0. The number of amides is 2. The van der Waals surface area contributed by atoms with Crippen LogP contribution in [-0.2, 0) is 9.59 Å². The minimum atomic E-state index is -1.07. The number of benzene rings is 1. The van der Waals surface area contributed by atoms with Crippen LogP contribution in [0.1, 0.15) is 20.3 Å². The lowest BCUT2D eigenvalue weighted by Gasteiger charge is -2.20. The van der Waals surface area contributed by atoms with Gasteiger partial charge >= 0.3 is 0 Å². The van der Waals surface area contributed by atoms with Gasteiger partial charge in [0.05, 0.1) is 11.1 Å². The zero-order valence-electron chi connectivity index (χ0n) is 15.8. The van der Waals surface area contributed by atoms with Crippen molar-refractivity contribution in [1.29, 1.82) is 0 Å². The summed E-state index contributed by atoms with van der Waals surface area (Å²) in [6.45, 7) is 4.35. The summed E-state index contributed by atoms with van der Waals surface area (Å²) in [5, 5.41) is 2.40. The van der Waals surface area contributed by atoms with Crippen LogP contribution < -0.4 is 15.7 Å². The van der Waals surface area contributed by atoms with E-state index in [0.29, 0.717) is 18.4 Å². The van der Waals surface area contributed by atoms with Gasteiger partial charge in [0, 0.05) is 23.9 Å². The Morgan fingerprint density at radius 3 is 2.64 bits per heavy atom. The molecule has 148 valence electrons. The van der Waals surface area contributed by atoms with Crippen LogP contribution in [0.25, 0.3) is 11.1 Å². The van der Waals surface area contributed by atoms with Crippen molar-refractivity contribution in [2.45, 2.75) is 26.3 Å². The summed E-state index contributed by atoms with van der Waals surface area (Å²) in [7, 11) is -0.558. The number of carbonyl (C=O) groups excluding carboxylic acids is 2. The third-order valence-corrected chi connectivity index (χ3v) is 7.45. The molecule has 1 N–H and O–H groups in total. The number of pyridine rings is 1. The highest BCUT2D eigenvalue weighted by Gasteiger charge is 2.34. The predicted octanol–water partition coefficient (Wildman–Crippen LogP) is 3.03. The summed E-state index contributed by atoms with van der Waals surface area (Å²) in [6, 6.07) is 5.68. The molecule has 2 heterocycles. The Morgan fingerprint density at radius 2 is 1.96 bits per heavy atom. The van der Waals surface area contributed by atoms with Crippen LogP contribution in [0, 0.1) is 11.6 Å². The Hall–Kier alpha value is -2.40. The molecule has 2 aromatic rings. The molecule has 5 nitrogen and oxygen atoms in total.